The first-order valence-corrected chi connectivity index (χ1v) is 13.1. The Morgan fingerprint density at radius 2 is 1.97 bits per heavy atom. The average Bonchev–Trinajstić information content (AvgIpc) is 3.48. The minimum absolute atomic E-state index is 0.0144. The van der Waals surface area contributed by atoms with Gasteiger partial charge in [-0.2, -0.15) is 0 Å². The van der Waals surface area contributed by atoms with Gasteiger partial charge in [0, 0.05) is 29.4 Å². The van der Waals surface area contributed by atoms with Crippen molar-refractivity contribution in [2.45, 2.75) is 57.7 Å². The Morgan fingerprint density at radius 3 is 2.73 bits per heavy atom. The average molecular weight is 520 g/mol. The van der Waals surface area contributed by atoms with Crippen LogP contribution in [0.5, 0.6) is 0 Å². The molecule has 2 aromatic carbocycles. The van der Waals surface area contributed by atoms with Gasteiger partial charge in [-0.1, -0.05) is 28.9 Å². The maximum atomic E-state index is 7.45. The van der Waals surface area contributed by atoms with Crippen LogP contribution in [0.2, 0.25) is 5.02 Å². The molecule has 8 heteroatoms. The lowest BCUT2D eigenvalue weighted by Gasteiger charge is -2.36. The molecule has 0 unspecified atom stereocenters. The standard InChI is InChI=1S/C29H31ClN4O3/c1-18-28(19(2)37-32-18)20-7-12-26-25(15-20)31-29(34(26)22-8-10-24(35-3)11-9-22)27-13-14-36-17-33(27)23-6-4-5-21(30)16-23/h4-7,12-16,22,24,27H,8-11,17H2,1-3H3/t22?,24?,27-/m0/s1/i3D. The molecular weight excluding hydrogens is 488 g/mol. The third-order valence-corrected chi connectivity index (χ3v) is 7.83. The number of fused-ring (bicyclic) bond motifs is 1. The van der Waals surface area contributed by atoms with Crippen LogP contribution in [-0.2, 0) is 9.47 Å². The normalized spacial score (nSPS) is 22.3. The summed E-state index contributed by atoms with van der Waals surface area (Å²) in [7, 11) is 0.0144. The zero-order chi connectivity index (χ0) is 26.2. The van der Waals surface area contributed by atoms with Crippen LogP contribution in [0.4, 0.5) is 5.69 Å². The molecule has 2 aromatic heterocycles. The number of nitrogens with zero attached hydrogens (tertiary/aromatic N) is 4. The number of halogens is 1. The van der Waals surface area contributed by atoms with E-state index in [4.69, 9.17) is 32.0 Å². The van der Waals surface area contributed by atoms with E-state index in [0.717, 1.165) is 70.8 Å². The number of methoxy groups -OCH3 is 1. The topological polar surface area (TPSA) is 65.6 Å². The van der Waals surface area contributed by atoms with Crippen LogP contribution in [-0.4, -0.2) is 34.6 Å². The smallest absolute Gasteiger partial charge is 0.161 e. The first-order chi connectivity index (χ1) is 18.5. The highest BCUT2D eigenvalue weighted by Gasteiger charge is 2.32. The number of anilines is 1. The molecule has 1 aliphatic carbocycles. The minimum Gasteiger partial charge on any atom is -0.481 e. The van der Waals surface area contributed by atoms with E-state index in [9.17, 15) is 0 Å². The van der Waals surface area contributed by atoms with E-state index in [2.05, 4.69) is 38.9 Å². The van der Waals surface area contributed by atoms with E-state index >= 15 is 0 Å². The van der Waals surface area contributed by atoms with Crippen molar-refractivity contribution in [3.05, 3.63) is 77.1 Å². The van der Waals surface area contributed by atoms with Gasteiger partial charge in [0.2, 0.25) is 0 Å². The predicted molar refractivity (Wildman–Crippen MR) is 145 cm³/mol. The fourth-order valence-corrected chi connectivity index (χ4v) is 5.97. The Bertz CT molecular complexity index is 1450. The van der Waals surface area contributed by atoms with Crippen molar-refractivity contribution in [1.82, 2.24) is 14.7 Å². The molecule has 1 saturated carbocycles. The maximum absolute atomic E-state index is 7.45. The van der Waals surface area contributed by atoms with Gasteiger partial charge in [0.05, 0.1) is 30.5 Å². The van der Waals surface area contributed by atoms with Crippen LogP contribution in [0.3, 0.4) is 0 Å². The summed E-state index contributed by atoms with van der Waals surface area (Å²) in [5.74, 6) is 1.77. The molecule has 1 fully saturated rings. The van der Waals surface area contributed by atoms with Crippen molar-refractivity contribution in [2.24, 2.45) is 0 Å². The van der Waals surface area contributed by atoms with Gasteiger partial charge in [-0.05, 0) is 81.5 Å². The molecule has 7 nitrogen and oxygen atoms in total. The van der Waals surface area contributed by atoms with Gasteiger partial charge in [0.1, 0.15) is 17.6 Å². The molecular formula is C29H31ClN4O3. The van der Waals surface area contributed by atoms with Crippen LogP contribution < -0.4 is 4.90 Å². The van der Waals surface area contributed by atoms with Crippen LogP contribution >= 0.6 is 11.6 Å². The van der Waals surface area contributed by atoms with Crippen LogP contribution in [0.1, 0.15) is 56.4 Å². The van der Waals surface area contributed by atoms with Crippen LogP contribution in [0.15, 0.2) is 59.3 Å². The summed E-state index contributed by atoms with van der Waals surface area (Å²) in [6.45, 7) is 4.31. The highest BCUT2D eigenvalue weighted by Crippen LogP contribution is 2.40. The summed E-state index contributed by atoms with van der Waals surface area (Å²) in [6, 6.07) is 14.5. The largest absolute Gasteiger partial charge is 0.481 e. The van der Waals surface area contributed by atoms with Gasteiger partial charge < -0.3 is 23.5 Å². The minimum atomic E-state index is -0.126. The number of ether oxygens (including phenoxy) is 2. The third kappa shape index (κ3) is 4.40. The van der Waals surface area contributed by atoms with Gasteiger partial charge in [0.15, 0.2) is 6.73 Å². The predicted octanol–water partition coefficient (Wildman–Crippen LogP) is 7.14. The summed E-state index contributed by atoms with van der Waals surface area (Å²) >= 11 is 6.36. The Kier molecular flexibility index (Phi) is 6.11. The lowest BCUT2D eigenvalue weighted by Crippen LogP contribution is -2.34. The highest BCUT2D eigenvalue weighted by molar-refractivity contribution is 6.30. The van der Waals surface area contributed by atoms with Crippen molar-refractivity contribution in [2.75, 3.05) is 18.7 Å². The Labute approximate surface area is 223 Å². The fourth-order valence-electron chi connectivity index (χ4n) is 5.78. The Hall–Kier alpha value is -3.29. The van der Waals surface area contributed by atoms with E-state index in [1.807, 2.05) is 38.1 Å². The second kappa shape index (κ2) is 9.88. The Balaban J connectivity index is 1.47. The summed E-state index contributed by atoms with van der Waals surface area (Å²) in [6.07, 6.45) is 7.79. The molecule has 2 aliphatic rings. The number of aryl methyl sites for hydroxylation is 2. The van der Waals surface area contributed by atoms with Crippen molar-refractivity contribution in [1.29, 1.82) is 0 Å². The first kappa shape index (κ1) is 22.9. The molecule has 4 aromatic rings. The van der Waals surface area contributed by atoms with E-state index in [1.54, 1.807) is 6.26 Å². The van der Waals surface area contributed by atoms with Crippen LogP contribution in [0.25, 0.3) is 22.2 Å². The second-order valence-corrected chi connectivity index (χ2v) is 10.3. The van der Waals surface area contributed by atoms with Crippen molar-refractivity contribution >= 4 is 28.3 Å². The molecule has 192 valence electrons. The molecule has 3 heterocycles. The molecule has 37 heavy (non-hydrogen) atoms. The molecule has 0 spiro atoms. The van der Waals surface area contributed by atoms with Gasteiger partial charge in [-0.25, -0.2) is 4.98 Å². The molecule has 0 saturated heterocycles. The van der Waals surface area contributed by atoms with Crippen LogP contribution in [0, 0.1) is 13.8 Å². The maximum Gasteiger partial charge on any atom is 0.161 e. The lowest BCUT2D eigenvalue weighted by atomic mass is 9.92. The SMILES string of the molecule is [2H]COC1CCC(n2c([C@@H]3C=COCN3c3cccc(Cl)c3)nc3cc(-c4c(C)noc4C)ccc32)CC1. The zero-order valence-electron chi connectivity index (χ0n) is 22.1. The molecule has 6 rings (SSSR count). The molecule has 0 radical (unpaired) electrons. The fraction of sp³-hybridized carbons (Fsp3) is 0.379. The highest BCUT2D eigenvalue weighted by atomic mass is 35.5. The third-order valence-electron chi connectivity index (χ3n) is 7.59. The molecule has 0 amide bonds. The molecule has 1 aliphatic heterocycles. The van der Waals surface area contributed by atoms with E-state index in [0.29, 0.717) is 11.8 Å². The summed E-state index contributed by atoms with van der Waals surface area (Å²) in [5, 5.41) is 4.83. The lowest BCUT2D eigenvalue weighted by molar-refractivity contribution is 0.0584. The van der Waals surface area contributed by atoms with Crippen molar-refractivity contribution in [3.63, 3.8) is 0 Å². The molecule has 0 bridgehead atoms. The van der Waals surface area contributed by atoms with E-state index in [-0.39, 0.29) is 25.3 Å². The monoisotopic (exact) mass is 519 g/mol. The summed E-state index contributed by atoms with van der Waals surface area (Å²) < 4.78 is 26.7. The van der Waals surface area contributed by atoms with Gasteiger partial charge in [-0.15, -0.1) is 0 Å². The summed E-state index contributed by atoms with van der Waals surface area (Å²) in [5.41, 5.74) is 5.96. The van der Waals surface area contributed by atoms with Gasteiger partial charge in [-0.3, -0.25) is 0 Å². The van der Waals surface area contributed by atoms with E-state index < -0.39 is 0 Å². The van der Waals surface area contributed by atoms with Crippen molar-refractivity contribution in [3.8, 4) is 11.1 Å². The van der Waals surface area contributed by atoms with Gasteiger partial charge >= 0.3 is 0 Å². The number of hydrogen-bond donors (Lipinski definition) is 0. The number of benzene rings is 2. The zero-order valence-corrected chi connectivity index (χ0v) is 21.8. The molecule has 1 atom stereocenters. The first-order valence-electron chi connectivity index (χ1n) is 13.4. The van der Waals surface area contributed by atoms with Gasteiger partial charge in [0.25, 0.3) is 0 Å². The summed E-state index contributed by atoms with van der Waals surface area (Å²) in [4.78, 5) is 7.45. The second-order valence-electron chi connectivity index (χ2n) is 9.86. The van der Waals surface area contributed by atoms with E-state index in [1.165, 1.54) is 0 Å². The number of aromatic nitrogens is 3. The number of imidazole rings is 1. The molecule has 0 N–H and O–H groups in total. The van der Waals surface area contributed by atoms with Crippen molar-refractivity contribution < 1.29 is 15.4 Å². The number of hydrogen-bond acceptors (Lipinski definition) is 6. The Morgan fingerprint density at radius 1 is 1.11 bits per heavy atom. The quantitative estimate of drug-likeness (QED) is 0.279. The number of rotatable bonds is 5.